The largest absolute Gasteiger partial charge is 0.480 e. The van der Waals surface area contributed by atoms with E-state index in [0.717, 1.165) is 38.6 Å². The number of aromatic nitrogens is 3. The molecule has 15 nitrogen and oxygen atoms in total. The topological polar surface area (TPSA) is 206 Å². The number of carbonyl (C=O) groups excluding carboxylic acids is 4. The number of ether oxygens (including phenoxy) is 5. The van der Waals surface area contributed by atoms with E-state index in [1.54, 1.807) is 6.07 Å². The van der Waals surface area contributed by atoms with Crippen molar-refractivity contribution in [1.82, 2.24) is 15.0 Å². The first-order valence-electron chi connectivity index (χ1n) is 10.7. The number of terminal acetylenes is 1. The fraction of sp³-hybridized carbons (Fsp3) is 0.545. The minimum absolute atomic E-state index is 0.353. The lowest BCUT2D eigenvalue weighted by Gasteiger charge is -2.44. The van der Waals surface area contributed by atoms with Crippen LogP contribution in [0.2, 0.25) is 0 Å². The highest BCUT2D eigenvalue weighted by Crippen LogP contribution is 2.35. The van der Waals surface area contributed by atoms with Crippen molar-refractivity contribution in [2.45, 2.75) is 70.2 Å². The molecule has 37 heavy (non-hydrogen) atoms. The molecule has 2 heterocycles. The highest BCUT2D eigenvalue weighted by Gasteiger charge is 2.54. The van der Waals surface area contributed by atoms with Crippen molar-refractivity contribution in [3.8, 4) is 18.4 Å². The molecule has 0 aliphatic carbocycles. The number of hydrogen-bond donors (Lipinski definition) is 1. The maximum Gasteiger partial charge on any atom is 0.331 e. The van der Waals surface area contributed by atoms with E-state index in [4.69, 9.17) is 30.1 Å². The van der Waals surface area contributed by atoms with Gasteiger partial charge in [-0.15, -0.1) is 17.4 Å². The fourth-order valence-electron chi connectivity index (χ4n) is 3.59. The second-order valence-electron chi connectivity index (χ2n) is 7.88. The molecule has 1 aliphatic rings. The Bertz CT molecular complexity index is 1150. The lowest BCUT2D eigenvalue weighted by atomic mass is 9.83. The van der Waals surface area contributed by atoms with E-state index in [1.807, 2.05) is 0 Å². The molecular formula is C22H24N4O11. The Kier molecular flexibility index (Phi) is 9.29. The van der Waals surface area contributed by atoms with Crippen molar-refractivity contribution < 1.29 is 52.8 Å². The normalized spacial score (nSPS) is 24.3. The van der Waals surface area contributed by atoms with Crippen molar-refractivity contribution in [2.75, 3.05) is 6.61 Å². The van der Waals surface area contributed by atoms with Gasteiger partial charge in [0.15, 0.2) is 24.5 Å². The Balaban J connectivity index is 2.65. The number of carboxylic acids is 1. The van der Waals surface area contributed by atoms with Gasteiger partial charge in [0.2, 0.25) is 5.41 Å². The number of carboxylic acid groups (broad SMARTS) is 1. The minimum Gasteiger partial charge on any atom is -0.480 e. The standard InChI is InChI=1S/C22H24N4O11/c1-6-7-22(10-23,21(31)32)16-8-26(25-24-16)20-19(36-14(5)30)18(35-13(4)29)17(34-12(3)28)15(37-20)9-33-11(2)27/h1,8,15,17-20H,7,9H2,2-5H3,(H,31,32)/t15-,17-,18+,19-,20-,22?/m1/s1. The predicted molar refractivity (Wildman–Crippen MR) is 116 cm³/mol. The van der Waals surface area contributed by atoms with E-state index < -0.39 is 78.9 Å². The molecular weight excluding hydrogens is 496 g/mol. The van der Waals surface area contributed by atoms with Crippen LogP contribution in [0.25, 0.3) is 0 Å². The summed E-state index contributed by atoms with van der Waals surface area (Å²) in [5, 5.41) is 26.8. The molecule has 1 fully saturated rings. The number of esters is 4. The van der Waals surface area contributed by atoms with Gasteiger partial charge >= 0.3 is 29.8 Å². The summed E-state index contributed by atoms with van der Waals surface area (Å²) in [6.45, 7) is 3.82. The lowest BCUT2D eigenvalue weighted by molar-refractivity contribution is -0.270. The van der Waals surface area contributed by atoms with E-state index in [0.29, 0.717) is 0 Å². The number of nitrogens with zero attached hydrogens (tertiary/aromatic N) is 4. The van der Waals surface area contributed by atoms with Crippen molar-refractivity contribution in [2.24, 2.45) is 0 Å². The zero-order chi connectivity index (χ0) is 27.9. The van der Waals surface area contributed by atoms with Crippen molar-refractivity contribution in [1.29, 1.82) is 5.26 Å². The van der Waals surface area contributed by atoms with Crippen molar-refractivity contribution in [3.05, 3.63) is 11.9 Å². The first kappa shape index (κ1) is 28.7. The molecule has 15 heteroatoms. The van der Waals surface area contributed by atoms with Crippen LogP contribution in [0.15, 0.2) is 6.20 Å². The molecule has 1 saturated heterocycles. The first-order chi connectivity index (χ1) is 17.4. The molecule has 6 atom stereocenters. The van der Waals surface area contributed by atoms with Crippen LogP contribution in [0.1, 0.15) is 46.0 Å². The van der Waals surface area contributed by atoms with E-state index >= 15 is 0 Å². The van der Waals surface area contributed by atoms with Crippen LogP contribution in [0, 0.1) is 23.7 Å². The Labute approximate surface area is 210 Å². The molecule has 2 rings (SSSR count). The van der Waals surface area contributed by atoms with E-state index in [9.17, 15) is 34.3 Å². The van der Waals surface area contributed by atoms with Crippen LogP contribution in [0.5, 0.6) is 0 Å². The van der Waals surface area contributed by atoms with Gasteiger partial charge in [0.05, 0.1) is 12.3 Å². The zero-order valence-electron chi connectivity index (χ0n) is 20.3. The van der Waals surface area contributed by atoms with Crippen LogP contribution in [0.4, 0.5) is 0 Å². The highest BCUT2D eigenvalue weighted by molar-refractivity contribution is 5.84. The number of aliphatic carboxylic acids is 1. The zero-order valence-corrected chi connectivity index (χ0v) is 20.3. The summed E-state index contributed by atoms with van der Waals surface area (Å²) in [7, 11) is 0. The summed E-state index contributed by atoms with van der Waals surface area (Å²) in [5.74, 6) is -2.67. The van der Waals surface area contributed by atoms with Gasteiger partial charge < -0.3 is 28.8 Å². The van der Waals surface area contributed by atoms with Crippen LogP contribution < -0.4 is 0 Å². The van der Waals surface area contributed by atoms with Gasteiger partial charge in [0, 0.05) is 34.1 Å². The summed E-state index contributed by atoms with van der Waals surface area (Å²) in [6.07, 6.45) is -1.39. The number of hydrogen-bond acceptors (Lipinski definition) is 13. The molecule has 0 saturated carbocycles. The molecule has 198 valence electrons. The third kappa shape index (κ3) is 6.59. The Hall–Kier alpha value is -4.50. The van der Waals surface area contributed by atoms with Gasteiger partial charge in [-0.25, -0.2) is 4.68 Å². The molecule has 1 aromatic heterocycles. The van der Waals surface area contributed by atoms with E-state index in [-0.39, 0.29) is 5.69 Å². The number of carbonyl (C=O) groups is 5. The summed E-state index contributed by atoms with van der Waals surface area (Å²) >= 11 is 0. The molecule has 0 aromatic carbocycles. The molecule has 0 radical (unpaired) electrons. The summed E-state index contributed by atoms with van der Waals surface area (Å²) in [5.41, 5.74) is -2.61. The Morgan fingerprint density at radius 1 is 1.05 bits per heavy atom. The molecule has 1 aromatic rings. The van der Waals surface area contributed by atoms with Crippen LogP contribution in [-0.4, -0.2) is 81.0 Å². The summed E-state index contributed by atoms with van der Waals surface area (Å²) < 4.78 is 27.8. The molecule has 1 unspecified atom stereocenters. The molecule has 0 amide bonds. The highest BCUT2D eigenvalue weighted by atomic mass is 16.7. The van der Waals surface area contributed by atoms with Crippen molar-refractivity contribution >= 4 is 29.8 Å². The smallest absolute Gasteiger partial charge is 0.331 e. The molecule has 0 spiro atoms. The summed E-state index contributed by atoms with van der Waals surface area (Å²) in [6, 6.07) is 1.63. The maximum absolute atomic E-state index is 11.9. The third-order valence-corrected chi connectivity index (χ3v) is 5.10. The van der Waals surface area contributed by atoms with Crippen LogP contribution in [0.3, 0.4) is 0 Å². The van der Waals surface area contributed by atoms with Gasteiger partial charge in [-0.2, -0.15) is 5.26 Å². The van der Waals surface area contributed by atoms with Gasteiger partial charge in [0.1, 0.15) is 18.4 Å². The first-order valence-corrected chi connectivity index (χ1v) is 10.7. The maximum atomic E-state index is 11.9. The minimum atomic E-state index is -2.26. The van der Waals surface area contributed by atoms with Gasteiger partial charge in [-0.3, -0.25) is 24.0 Å². The predicted octanol–water partition coefficient (Wildman–Crippen LogP) is -0.597. The van der Waals surface area contributed by atoms with Crippen LogP contribution >= 0.6 is 0 Å². The third-order valence-electron chi connectivity index (χ3n) is 5.10. The lowest BCUT2D eigenvalue weighted by Crippen LogP contribution is -2.60. The number of rotatable bonds is 9. The molecule has 0 bridgehead atoms. The van der Waals surface area contributed by atoms with E-state index in [1.165, 1.54) is 0 Å². The van der Waals surface area contributed by atoms with Gasteiger partial charge in [-0.1, -0.05) is 5.21 Å². The fourth-order valence-corrected chi connectivity index (χ4v) is 3.59. The van der Waals surface area contributed by atoms with Crippen molar-refractivity contribution in [3.63, 3.8) is 0 Å². The van der Waals surface area contributed by atoms with Gasteiger partial charge in [0.25, 0.3) is 0 Å². The quantitative estimate of drug-likeness (QED) is 0.245. The van der Waals surface area contributed by atoms with Gasteiger partial charge in [-0.05, 0) is 0 Å². The SMILES string of the molecule is C#CCC(C#N)(C(=O)O)c1cn([C@@H]2O[C@H](COC(C)=O)[C@@H](OC(C)=O)[C@H](OC(C)=O)[C@H]2OC(C)=O)nn1. The number of nitriles is 1. The second kappa shape index (κ2) is 12.0. The van der Waals surface area contributed by atoms with Crippen LogP contribution in [-0.2, 0) is 53.1 Å². The molecule has 1 aliphatic heterocycles. The average molecular weight is 520 g/mol. The Morgan fingerprint density at radius 3 is 2.11 bits per heavy atom. The van der Waals surface area contributed by atoms with E-state index in [2.05, 4.69) is 16.2 Å². The Morgan fingerprint density at radius 2 is 1.62 bits per heavy atom. The molecule has 1 N–H and O–H groups in total. The summed E-state index contributed by atoms with van der Waals surface area (Å²) in [4.78, 5) is 59.0. The second-order valence-corrected chi connectivity index (χ2v) is 7.88. The average Bonchev–Trinajstić information content (AvgIpc) is 3.28. The monoisotopic (exact) mass is 520 g/mol.